The number of likely N-dealkylation sites (tertiary alicyclic amines) is 1. The molecule has 0 bridgehead atoms. The van der Waals surface area contributed by atoms with Crippen molar-refractivity contribution < 1.29 is 13.9 Å². The third kappa shape index (κ3) is 3.58. The fourth-order valence-corrected chi connectivity index (χ4v) is 3.44. The first-order valence-corrected chi connectivity index (χ1v) is 8.99. The van der Waals surface area contributed by atoms with E-state index in [1.165, 1.54) is 35.4 Å². The first kappa shape index (κ1) is 18.4. The third-order valence-electron chi connectivity index (χ3n) is 4.76. The fourth-order valence-electron chi connectivity index (χ4n) is 3.44. The lowest BCUT2D eigenvalue weighted by Gasteiger charge is -2.26. The molecule has 0 radical (unpaired) electrons. The van der Waals surface area contributed by atoms with E-state index in [4.69, 9.17) is 4.74 Å². The second kappa shape index (κ2) is 7.86. The molecular formula is C19H24FN3O3. The Kier molecular flexibility index (Phi) is 5.56. The summed E-state index contributed by atoms with van der Waals surface area (Å²) in [5.74, 6) is -0.990. The number of aromatic nitrogens is 2. The second-order valence-electron chi connectivity index (χ2n) is 6.50. The van der Waals surface area contributed by atoms with Gasteiger partial charge < -0.3 is 4.74 Å². The standard InChI is InChI=1S/C19H24FN3O3/c1-3-26-19(25)17-16(13-22-11-5-4-6-12-22)21(2)23(18(17)24)15-9-7-14(20)8-10-15/h7-10H,3-6,11-13H2,1-2H3. The molecule has 7 heteroatoms. The van der Waals surface area contributed by atoms with Crippen molar-refractivity contribution in [3.05, 3.63) is 51.7 Å². The molecule has 1 aliphatic heterocycles. The second-order valence-corrected chi connectivity index (χ2v) is 6.50. The van der Waals surface area contributed by atoms with E-state index in [0.29, 0.717) is 17.9 Å². The number of esters is 1. The zero-order chi connectivity index (χ0) is 18.7. The summed E-state index contributed by atoms with van der Waals surface area (Å²) in [5, 5.41) is 0. The van der Waals surface area contributed by atoms with Crippen molar-refractivity contribution in [3.8, 4) is 5.69 Å². The summed E-state index contributed by atoms with van der Waals surface area (Å²) in [6.07, 6.45) is 3.43. The maximum absolute atomic E-state index is 13.3. The lowest BCUT2D eigenvalue weighted by atomic mass is 10.1. The highest BCUT2D eigenvalue weighted by Gasteiger charge is 2.27. The highest BCUT2D eigenvalue weighted by molar-refractivity contribution is 5.90. The number of piperidine rings is 1. The van der Waals surface area contributed by atoms with Crippen LogP contribution in [0.2, 0.25) is 0 Å². The number of halogens is 1. The van der Waals surface area contributed by atoms with E-state index in [1.54, 1.807) is 18.7 Å². The van der Waals surface area contributed by atoms with Gasteiger partial charge in [-0.15, -0.1) is 0 Å². The van der Waals surface area contributed by atoms with Crippen molar-refractivity contribution in [2.45, 2.75) is 32.7 Å². The van der Waals surface area contributed by atoms with Crippen LogP contribution in [-0.4, -0.2) is 39.9 Å². The van der Waals surface area contributed by atoms with Gasteiger partial charge in [-0.05, 0) is 57.1 Å². The summed E-state index contributed by atoms with van der Waals surface area (Å²) in [4.78, 5) is 27.7. The van der Waals surface area contributed by atoms with Crippen LogP contribution in [0, 0.1) is 5.82 Å². The molecule has 0 atom stereocenters. The molecule has 1 aromatic heterocycles. The summed E-state index contributed by atoms with van der Waals surface area (Å²) in [6, 6.07) is 5.64. The van der Waals surface area contributed by atoms with Gasteiger partial charge in [0.05, 0.1) is 18.0 Å². The first-order valence-electron chi connectivity index (χ1n) is 8.99. The molecule has 6 nitrogen and oxygen atoms in total. The normalized spacial score (nSPS) is 15.2. The predicted octanol–water partition coefficient (Wildman–Crippen LogP) is 2.48. The van der Waals surface area contributed by atoms with Gasteiger partial charge in [-0.3, -0.25) is 14.4 Å². The number of ether oxygens (including phenoxy) is 1. The van der Waals surface area contributed by atoms with E-state index in [-0.39, 0.29) is 18.0 Å². The summed E-state index contributed by atoms with van der Waals surface area (Å²) >= 11 is 0. The number of rotatable bonds is 5. The van der Waals surface area contributed by atoms with Crippen molar-refractivity contribution in [3.63, 3.8) is 0 Å². The predicted molar refractivity (Wildman–Crippen MR) is 96.1 cm³/mol. The molecule has 1 fully saturated rings. The van der Waals surface area contributed by atoms with Crippen LogP contribution in [0.25, 0.3) is 5.69 Å². The number of benzene rings is 1. The van der Waals surface area contributed by atoms with Gasteiger partial charge in [0.25, 0.3) is 5.56 Å². The number of carbonyl (C=O) groups excluding carboxylic acids is 1. The smallest absolute Gasteiger partial charge is 0.345 e. The molecule has 0 N–H and O–H groups in total. The van der Waals surface area contributed by atoms with Gasteiger partial charge >= 0.3 is 5.97 Å². The van der Waals surface area contributed by atoms with Gasteiger partial charge in [-0.25, -0.2) is 13.9 Å². The molecule has 0 unspecified atom stereocenters. The quantitative estimate of drug-likeness (QED) is 0.768. The Balaban J connectivity index is 2.08. The van der Waals surface area contributed by atoms with Crippen molar-refractivity contribution in [2.24, 2.45) is 7.05 Å². The van der Waals surface area contributed by atoms with E-state index >= 15 is 0 Å². The minimum atomic E-state index is -0.610. The van der Waals surface area contributed by atoms with E-state index in [2.05, 4.69) is 4.90 Å². The Bertz CT molecular complexity index is 833. The molecule has 0 amide bonds. The Morgan fingerprint density at radius 2 is 1.81 bits per heavy atom. The Morgan fingerprint density at radius 1 is 1.15 bits per heavy atom. The topological polar surface area (TPSA) is 56.5 Å². The summed E-state index contributed by atoms with van der Waals surface area (Å²) in [6.45, 7) is 4.31. The Morgan fingerprint density at radius 3 is 2.42 bits per heavy atom. The molecular weight excluding hydrogens is 337 g/mol. The van der Waals surface area contributed by atoms with Crippen molar-refractivity contribution >= 4 is 5.97 Å². The maximum Gasteiger partial charge on any atom is 0.345 e. The summed E-state index contributed by atoms with van der Waals surface area (Å²) in [7, 11) is 1.74. The minimum Gasteiger partial charge on any atom is -0.462 e. The van der Waals surface area contributed by atoms with Crippen LogP contribution < -0.4 is 5.56 Å². The molecule has 3 rings (SSSR count). The van der Waals surface area contributed by atoms with Crippen LogP contribution in [0.5, 0.6) is 0 Å². The van der Waals surface area contributed by atoms with E-state index in [0.717, 1.165) is 25.9 Å². The molecule has 26 heavy (non-hydrogen) atoms. The number of carbonyl (C=O) groups is 1. The van der Waals surface area contributed by atoms with Crippen LogP contribution in [0.1, 0.15) is 42.2 Å². The molecule has 1 aromatic carbocycles. The highest BCUT2D eigenvalue weighted by atomic mass is 19.1. The van der Waals surface area contributed by atoms with Crippen molar-refractivity contribution in [2.75, 3.05) is 19.7 Å². The minimum absolute atomic E-state index is 0.0595. The van der Waals surface area contributed by atoms with Crippen LogP contribution in [0.4, 0.5) is 4.39 Å². The van der Waals surface area contributed by atoms with Gasteiger partial charge in [-0.2, -0.15) is 0 Å². The molecule has 2 aromatic rings. The van der Waals surface area contributed by atoms with Gasteiger partial charge in [0.15, 0.2) is 0 Å². The van der Waals surface area contributed by atoms with Gasteiger partial charge in [-0.1, -0.05) is 6.42 Å². The molecule has 2 heterocycles. The average Bonchev–Trinajstić information content (AvgIpc) is 2.87. The molecule has 0 spiro atoms. The van der Waals surface area contributed by atoms with E-state index < -0.39 is 11.5 Å². The number of hydrogen-bond acceptors (Lipinski definition) is 4. The largest absolute Gasteiger partial charge is 0.462 e. The lowest BCUT2D eigenvalue weighted by Crippen LogP contribution is -2.31. The zero-order valence-electron chi connectivity index (χ0n) is 15.2. The molecule has 1 saturated heterocycles. The number of nitrogens with zero attached hydrogens (tertiary/aromatic N) is 3. The van der Waals surface area contributed by atoms with Crippen LogP contribution in [0.3, 0.4) is 0 Å². The molecule has 1 aliphatic rings. The number of hydrogen-bond donors (Lipinski definition) is 0. The molecule has 140 valence electrons. The Labute approximate surface area is 151 Å². The van der Waals surface area contributed by atoms with Crippen LogP contribution in [-0.2, 0) is 18.3 Å². The first-order chi connectivity index (χ1) is 12.5. The summed E-state index contributed by atoms with van der Waals surface area (Å²) < 4.78 is 21.4. The van der Waals surface area contributed by atoms with E-state index in [9.17, 15) is 14.0 Å². The van der Waals surface area contributed by atoms with Crippen molar-refractivity contribution in [1.82, 2.24) is 14.3 Å². The van der Waals surface area contributed by atoms with Crippen LogP contribution >= 0.6 is 0 Å². The lowest BCUT2D eigenvalue weighted by molar-refractivity contribution is 0.0521. The monoisotopic (exact) mass is 361 g/mol. The molecule has 0 aliphatic carbocycles. The van der Waals surface area contributed by atoms with Gasteiger partial charge in [0, 0.05) is 13.6 Å². The Hall–Kier alpha value is -2.41. The van der Waals surface area contributed by atoms with Gasteiger partial charge in [0.1, 0.15) is 11.4 Å². The van der Waals surface area contributed by atoms with Gasteiger partial charge in [0.2, 0.25) is 0 Å². The summed E-state index contributed by atoms with van der Waals surface area (Å²) in [5.41, 5.74) is 0.753. The molecule has 0 saturated carbocycles. The maximum atomic E-state index is 13.3. The zero-order valence-corrected chi connectivity index (χ0v) is 15.2. The average molecular weight is 361 g/mol. The SMILES string of the molecule is CCOC(=O)c1c(CN2CCCCC2)n(C)n(-c2ccc(F)cc2)c1=O. The fraction of sp³-hybridized carbons (Fsp3) is 0.474. The van der Waals surface area contributed by atoms with Crippen molar-refractivity contribution in [1.29, 1.82) is 0 Å². The third-order valence-corrected chi connectivity index (χ3v) is 4.76. The highest BCUT2D eigenvalue weighted by Crippen LogP contribution is 2.18. The van der Waals surface area contributed by atoms with E-state index in [1.807, 2.05) is 0 Å². The van der Waals surface area contributed by atoms with Crippen LogP contribution in [0.15, 0.2) is 29.1 Å².